The van der Waals surface area contributed by atoms with Crippen LogP contribution >= 0.6 is 11.3 Å². The molecule has 0 atom stereocenters. The van der Waals surface area contributed by atoms with Gasteiger partial charge in [0.05, 0.1) is 23.8 Å². The Kier molecular flexibility index (Phi) is 6.19. The molecular formula is C22H23N3O3S. The number of aromatic nitrogens is 1. The highest BCUT2D eigenvalue weighted by molar-refractivity contribution is 7.13. The maximum absolute atomic E-state index is 12.5. The molecule has 3 aromatic rings. The number of carbonyl (C=O) groups is 1. The zero-order chi connectivity index (χ0) is 20.1. The minimum Gasteiger partial charge on any atom is -0.379 e. The fraction of sp³-hybridized carbons (Fsp3) is 0.273. The molecule has 150 valence electrons. The lowest BCUT2D eigenvalue weighted by Crippen LogP contribution is -2.35. The second-order valence-corrected chi connectivity index (χ2v) is 7.93. The first kappa shape index (κ1) is 19.6. The van der Waals surface area contributed by atoms with Crippen LogP contribution in [0.4, 0.5) is 0 Å². The Morgan fingerprint density at radius 3 is 2.69 bits per heavy atom. The number of H-pyrrole nitrogens is 1. The van der Waals surface area contributed by atoms with E-state index in [0.29, 0.717) is 6.54 Å². The van der Waals surface area contributed by atoms with Gasteiger partial charge in [0.15, 0.2) is 0 Å². The number of thiophene rings is 1. The van der Waals surface area contributed by atoms with Crippen molar-refractivity contribution in [1.82, 2.24) is 15.2 Å². The molecule has 3 heterocycles. The standard InChI is InChI=1S/C22H23N3O3S/c26-21(18-6-7-19(24-22(18)27)20-5-2-12-29-20)23-14-16-3-1-4-17(13-16)15-25-8-10-28-11-9-25/h1-7,12-13H,8-11,14-15H2,(H,23,26)(H,24,27). The van der Waals surface area contributed by atoms with Gasteiger partial charge in [0.1, 0.15) is 5.56 Å². The molecule has 0 radical (unpaired) electrons. The van der Waals surface area contributed by atoms with Crippen molar-refractivity contribution < 1.29 is 9.53 Å². The minimum absolute atomic E-state index is 0.120. The Labute approximate surface area is 173 Å². The molecule has 0 saturated carbocycles. The SMILES string of the molecule is O=C(NCc1cccc(CN2CCOCC2)c1)c1ccc(-c2cccs2)[nH]c1=O. The lowest BCUT2D eigenvalue weighted by Gasteiger charge is -2.26. The van der Waals surface area contributed by atoms with E-state index in [2.05, 4.69) is 27.3 Å². The molecule has 0 aliphatic carbocycles. The molecule has 4 rings (SSSR count). The molecule has 1 aromatic carbocycles. The van der Waals surface area contributed by atoms with Crippen LogP contribution in [-0.2, 0) is 17.8 Å². The van der Waals surface area contributed by atoms with Crippen LogP contribution in [0.25, 0.3) is 10.6 Å². The summed E-state index contributed by atoms with van der Waals surface area (Å²) >= 11 is 1.54. The summed E-state index contributed by atoms with van der Waals surface area (Å²) in [5.41, 5.74) is 2.68. The first-order valence-electron chi connectivity index (χ1n) is 9.62. The highest BCUT2D eigenvalue weighted by Gasteiger charge is 2.13. The molecule has 1 amide bonds. The summed E-state index contributed by atoms with van der Waals surface area (Å²) in [4.78, 5) is 30.9. The number of hydrogen-bond acceptors (Lipinski definition) is 5. The molecule has 0 unspecified atom stereocenters. The van der Waals surface area contributed by atoms with E-state index in [0.717, 1.165) is 49.0 Å². The first-order chi connectivity index (χ1) is 14.2. The van der Waals surface area contributed by atoms with Crippen molar-refractivity contribution in [1.29, 1.82) is 0 Å². The van der Waals surface area contributed by atoms with Crippen LogP contribution in [0.2, 0.25) is 0 Å². The highest BCUT2D eigenvalue weighted by atomic mass is 32.1. The Hall–Kier alpha value is -2.74. The monoisotopic (exact) mass is 409 g/mol. The predicted molar refractivity (Wildman–Crippen MR) is 114 cm³/mol. The van der Waals surface area contributed by atoms with Crippen molar-refractivity contribution in [2.75, 3.05) is 26.3 Å². The van der Waals surface area contributed by atoms with E-state index in [1.807, 2.05) is 29.6 Å². The second kappa shape index (κ2) is 9.17. The summed E-state index contributed by atoms with van der Waals surface area (Å²) in [5.74, 6) is -0.373. The summed E-state index contributed by atoms with van der Waals surface area (Å²) in [7, 11) is 0. The van der Waals surface area contributed by atoms with Crippen molar-refractivity contribution in [3.8, 4) is 10.6 Å². The number of benzene rings is 1. The van der Waals surface area contributed by atoms with Gasteiger partial charge in [-0.2, -0.15) is 0 Å². The van der Waals surface area contributed by atoms with Gasteiger partial charge in [0.2, 0.25) is 0 Å². The van der Waals surface area contributed by atoms with Crippen LogP contribution in [0.3, 0.4) is 0 Å². The van der Waals surface area contributed by atoms with E-state index in [1.165, 1.54) is 16.9 Å². The van der Waals surface area contributed by atoms with Crippen LogP contribution in [0, 0.1) is 0 Å². The molecule has 1 aliphatic heterocycles. The smallest absolute Gasteiger partial charge is 0.261 e. The fourth-order valence-electron chi connectivity index (χ4n) is 3.36. The Morgan fingerprint density at radius 1 is 1.10 bits per heavy atom. The molecule has 1 fully saturated rings. The number of hydrogen-bond donors (Lipinski definition) is 2. The van der Waals surface area contributed by atoms with E-state index in [9.17, 15) is 9.59 Å². The van der Waals surface area contributed by atoms with Gasteiger partial charge >= 0.3 is 0 Å². The van der Waals surface area contributed by atoms with E-state index in [-0.39, 0.29) is 17.0 Å². The number of pyridine rings is 1. The van der Waals surface area contributed by atoms with Crippen molar-refractivity contribution in [2.45, 2.75) is 13.1 Å². The fourth-order valence-corrected chi connectivity index (χ4v) is 4.07. The van der Waals surface area contributed by atoms with Gasteiger partial charge in [-0.25, -0.2) is 0 Å². The molecular weight excluding hydrogens is 386 g/mol. The Bertz CT molecular complexity index is 1020. The largest absolute Gasteiger partial charge is 0.379 e. The van der Waals surface area contributed by atoms with Crippen LogP contribution < -0.4 is 10.9 Å². The minimum atomic E-state index is -0.380. The summed E-state index contributed by atoms with van der Waals surface area (Å²) in [5, 5.41) is 4.80. The average molecular weight is 410 g/mol. The second-order valence-electron chi connectivity index (χ2n) is 6.98. The number of ether oxygens (including phenoxy) is 1. The van der Waals surface area contributed by atoms with E-state index >= 15 is 0 Å². The van der Waals surface area contributed by atoms with Gasteiger partial charge in [0, 0.05) is 26.2 Å². The van der Waals surface area contributed by atoms with E-state index in [1.54, 1.807) is 12.1 Å². The van der Waals surface area contributed by atoms with Crippen LogP contribution in [0.1, 0.15) is 21.5 Å². The summed E-state index contributed by atoms with van der Waals surface area (Å²) in [6, 6.07) is 15.4. The van der Waals surface area contributed by atoms with Gasteiger partial charge in [-0.3, -0.25) is 14.5 Å². The maximum atomic E-state index is 12.5. The van der Waals surface area contributed by atoms with Gasteiger partial charge in [0.25, 0.3) is 11.5 Å². The third-order valence-electron chi connectivity index (χ3n) is 4.90. The highest BCUT2D eigenvalue weighted by Crippen LogP contribution is 2.21. The Balaban J connectivity index is 1.38. The first-order valence-corrected chi connectivity index (χ1v) is 10.5. The lowest BCUT2D eigenvalue weighted by atomic mass is 10.1. The number of aromatic amines is 1. The molecule has 1 aliphatic rings. The maximum Gasteiger partial charge on any atom is 0.261 e. The number of nitrogens with one attached hydrogen (secondary N) is 2. The van der Waals surface area contributed by atoms with Crippen LogP contribution in [0.15, 0.2) is 58.7 Å². The number of rotatable bonds is 6. The summed E-state index contributed by atoms with van der Waals surface area (Å²) in [6.07, 6.45) is 0. The van der Waals surface area contributed by atoms with E-state index in [4.69, 9.17) is 4.74 Å². The molecule has 29 heavy (non-hydrogen) atoms. The third-order valence-corrected chi connectivity index (χ3v) is 5.80. The van der Waals surface area contributed by atoms with Crippen molar-refractivity contribution >= 4 is 17.2 Å². The number of morpholine rings is 1. The molecule has 0 bridgehead atoms. The Morgan fingerprint density at radius 2 is 1.93 bits per heavy atom. The van der Waals surface area contributed by atoms with Crippen LogP contribution in [0.5, 0.6) is 0 Å². The summed E-state index contributed by atoms with van der Waals surface area (Å²) in [6.45, 7) is 4.67. The van der Waals surface area contributed by atoms with Gasteiger partial charge in [-0.15, -0.1) is 11.3 Å². The third kappa shape index (κ3) is 5.00. The zero-order valence-electron chi connectivity index (χ0n) is 16.0. The van der Waals surface area contributed by atoms with Gasteiger partial charge in [-0.1, -0.05) is 30.3 Å². The van der Waals surface area contributed by atoms with Gasteiger partial charge in [-0.05, 0) is 34.7 Å². The molecule has 2 aromatic heterocycles. The normalized spacial score (nSPS) is 14.6. The van der Waals surface area contributed by atoms with Crippen LogP contribution in [-0.4, -0.2) is 42.1 Å². The molecule has 2 N–H and O–H groups in total. The number of nitrogens with zero attached hydrogens (tertiary/aromatic N) is 1. The molecule has 0 spiro atoms. The molecule has 1 saturated heterocycles. The van der Waals surface area contributed by atoms with Gasteiger partial charge < -0.3 is 15.0 Å². The van der Waals surface area contributed by atoms with Crippen molar-refractivity contribution in [3.63, 3.8) is 0 Å². The number of carbonyl (C=O) groups excluding carboxylic acids is 1. The van der Waals surface area contributed by atoms with E-state index < -0.39 is 0 Å². The lowest BCUT2D eigenvalue weighted by molar-refractivity contribution is 0.0342. The zero-order valence-corrected chi connectivity index (χ0v) is 16.8. The van der Waals surface area contributed by atoms with Crippen molar-refractivity contribution in [2.24, 2.45) is 0 Å². The summed E-state index contributed by atoms with van der Waals surface area (Å²) < 4.78 is 5.39. The number of amides is 1. The predicted octanol–water partition coefficient (Wildman–Crippen LogP) is 2.87. The quantitative estimate of drug-likeness (QED) is 0.657. The molecule has 6 nitrogen and oxygen atoms in total. The topological polar surface area (TPSA) is 74.4 Å². The van der Waals surface area contributed by atoms with Crippen molar-refractivity contribution in [3.05, 3.63) is 81.0 Å². The molecule has 7 heteroatoms. The average Bonchev–Trinajstić information content (AvgIpc) is 3.28.